The van der Waals surface area contributed by atoms with Crippen LogP contribution in [0.25, 0.3) is 60.1 Å². The van der Waals surface area contributed by atoms with Gasteiger partial charge < -0.3 is 9.47 Å². The van der Waals surface area contributed by atoms with Crippen LogP contribution in [-0.2, 0) is 0 Å². The molecule has 1 atom stereocenters. The summed E-state index contributed by atoms with van der Waals surface area (Å²) >= 11 is 0. The molecule has 0 N–H and O–H groups in total. The first-order chi connectivity index (χ1) is 24.9. The van der Waals surface area contributed by atoms with E-state index in [0.717, 1.165) is 11.6 Å². The van der Waals surface area contributed by atoms with E-state index in [1.165, 1.54) is 76.1 Å². The summed E-state index contributed by atoms with van der Waals surface area (Å²) < 4.78 is 4.81. The summed E-state index contributed by atoms with van der Waals surface area (Å²) in [6, 6.07) is 55.4. The molecule has 3 heterocycles. The summed E-state index contributed by atoms with van der Waals surface area (Å²) in [7, 11) is 1.17. The molecule has 0 saturated carbocycles. The smallest absolute Gasteiger partial charge is 0.211 e. The minimum Gasteiger partial charge on any atom is -0.334 e. The number of benzene rings is 7. The van der Waals surface area contributed by atoms with E-state index < -0.39 is 10.0 Å². The van der Waals surface area contributed by atoms with Crippen LogP contribution < -0.4 is 0 Å². The van der Waals surface area contributed by atoms with Crippen molar-refractivity contribution in [1.29, 1.82) is 0 Å². The summed E-state index contributed by atoms with van der Waals surface area (Å²) in [6.07, 6.45) is 7.19. The molecule has 7 aromatic carbocycles. The Morgan fingerprint density at radius 1 is 0.510 bits per heavy atom. The zero-order chi connectivity index (χ0) is 34.4. The third-order valence-electron chi connectivity index (χ3n) is 10.7. The van der Waals surface area contributed by atoms with Crippen LogP contribution in [0.5, 0.6) is 0 Å². The van der Waals surface area contributed by atoms with Crippen LogP contribution in [0.15, 0.2) is 162 Å². The lowest BCUT2D eigenvalue weighted by molar-refractivity contribution is 0.410. The van der Waals surface area contributed by atoms with Gasteiger partial charge in [0.15, 0.2) is 0 Å². The maximum Gasteiger partial charge on any atom is 0.211 e. The van der Waals surface area contributed by atoms with Gasteiger partial charge in [-0.05, 0) is 88.5 Å². The predicted octanol–water partition coefficient (Wildman–Crippen LogP) is 11.7. The molecule has 0 aliphatic carbocycles. The molecule has 248 valence electrons. The Labute approximate surface area is 299 Å². The van der Waals surface area contributed by atoms with E-state index in [-0.39, 0.29) is 6.04 Å². The lowest BCUT2D eigenvalue weighted by Gasteiger charge is -2.36. The fourth-order valence-electron chi connectivity index (χ4n) is 8.48. The molecular weight excluding hydrogens is 641 g/mol. The van der Waals surface area contributed by atoms with Crippen molar-refractivity contribution in [2.75, 3.05) is 25.8 Å². The molecule has 2 aromatic heterocycles. The molecule has 1 aliphatic rings. The second-order valence-corrected chi connectivity index (χ2v) is 18.6. The third kappa shape index (κ3) is 4.44. The van der Waals surface area contributed by atoms with Crippen molar-refractivity contribution in [3.63, 3.8) is 0 Å². The molecule has 0 bridgehead atoms. The number of hydrogen-bond donors (Lipinski definition) is 0. The SMILES string of the molecule is CN1C(n2c3ccccc3c3c4ccccc4c(S(C)(C)C)cc32)=Nc2ccccc2C1c1ccc2c(c1)c1ccccc1n2-c1ccccc1. The fourth-order valence-corrected chi connectivity index (χ4v) is 9.78. The molecule has 0 radical (unpaired) electrons. The van der Waals surface area contributed by atoms with E-state index >= 15 is 0 Å². The molecular formula is C46H38N4S. The van der Waals surface area contributed by atoms with Crippen LogP contribution in [0.2, 0.25) is 0 Å². The standard InChI is InChI=1S/C46H38N4S/c1-48-45(30-26-27-41-37(28-30)32-18-11-14-24-39(32)49(41)31-16-6-5-7-17-31)35-21-10-13-23-38(35)47-46(48)50-40-25-15-12-22-36(40)44-34-20-9-8-19-33(34)43(29-42(44)50)51(2,3)4/h5-29,45H,1-4H3. The lowest BCUT2D eigenvalue weighted by atomic mass is 9.93. The number of rotatable bonds is 3. The van der Waals surface area contributed by atoms with Crippen LogP contribution in [-0.4, -0.2) is 45.8 Å². The van der Waals surface area contributed by atoms with E-state index in [9.17, 15) is 0 Å². The predicted molar refractivity (Wildman–Crippen MR) is 220 cm³/mol. The quantitative estimate of drug-likeness (QED) is 0.183. The Balaban J connectivity index is 1.23. The molecule has 1 unspecified atom stereocenters. The molecule has 0 fully saturated rings. The summed E-state index contributed by atoms with van der Waals surface area (Å²) in [5.41, 5.74) is 9.43. The molecule has 4 nitrogen and oxygen atoms in total. The maximum atomic E-state index is 5.48. The van der Waals surface area contributed by atoms with Crippen LogP contribution in [0.4, 0.5) is 5.69 Å². The largest absolute Gasteiger partial charge is 0.334 e. The van der Waals surface area contributed by atoms with Gasteiger partial charge in [-0.15, -0.1) is 0 Å². The maximum absolute atomic E-state index is 5.48. The van der Waals surface area contributed by atoms with Gasteiger partial charge in [-0.25, -0.2) is 15.0 Å². The minimum atomic E-state index is -1.05. The summed E-state index contributed by atoms with van der Waals surface area (Å²) in [5, 5.41) is 7.70. The van der Waals surface area contributed by atoms with Gasteiger partial charge in [0.2, 0.25) is 5.96 Å². The van der Waals surface area contributed by atoms with E-state index in [0.29, 0.717) is 0 Å². The van der Waals surface area contributed by atoms with Gasteiger partial charge in [0, 0.05) is 39.8 Å². The number of nitrogens with zero attached hydrogens (tertiary/aromatic N) is 4. The Hall–Kier alpha value is -5.78. The highest BCUT2D eigenvalue weighted by atomic mass is 32.3. The van der Waals surface area contributed by atoms with E-state index in [2.05, 4.69) is 192 Å². The average Bonchev–Trinajstić information content (AvgIpc) is 3.67. The van der Waals surface area contributed by atoms with E-state index in [1.807, 2.05) is 0 Å². The van der Waals surface area contributed by atoms with Crippen molar-refractivity contribution in [1.82, 2.24) is 14.0 Å². The molecule has 1 aliphatic heterocycles. The average molecular weight is 679 g/mol. The Kier molecular flexibility index (Phi) is 6.55. The molecule has 0 amide bonds. The molecule has 0 saturated heterocycles. The van der Waals surface area contributed by atoms with Crippen molar-refractivity contribution in [3.05, 3.63) is 163 Å². The van der Waals surface area contributed by atoms with Crippen molar-refractivity contribution in [3.8, 4) is 5.69 Å². The number of fused-ring (bicyclic) bond motifs is 9. The number of aliphatic imine (C=N–C) groups is 1. The normalized spacial score (nSPS) is 15.3. The van der Waals surface area contributed by atoms with Crippen molar-refractivity contribution in [2.45, 2.75) is 10.9 Å². The van der Waals surface area contributed by atoms with Crippen molar-refractivity contribution >= 4 is 76.1 Å². The zero-order valence-electron chi connectivity index (χ0n) is 29.2. The fraction of sp³-hybridized carbons (Fsp3) is 0.109. The van der Waals surface area contributed by atoms with E-state index in [1.54, 1.807) is 0 Å². The molecule has 51 heavy (non-hydrogen) atoms. The van der Waals surface area contributed by atoms with Gasteiger partial charge in [-0.2, -0.15) is 0 Å². The van der Waals surface area contributed by atoms with Gasteiger partial charge in [0.05, 0.1) is 33.8 Å². The topological polar surface area (TPSA) is 25.5 Å². The number of para-hydroxylation sites is 4. The zero-order valence-corrected chi connectivity index (χ0v) is 30.0. The summed E-state index contributed by atoms with van der Waals surface area (Å²) in [6.45, 7) is 0. The van der Waals surface area contributed by atoms with Crippen LogP contribution in [0.1, 0.15) is 17.2 Å². The molecule has 10 rings (SSSR count). The Bertz CT molecular complexity index is 2870. The van der Waals surface area contributed by atoms with Gasteiger partial charge in [0.25, 0.3) is 0 Å². The highest BCUT2D eigenvalue weighted by Gasteiger charge is 2.32. The first-order valence-electron chi connectivity index (χ1n) is 17.5. The highest BCUT2D eigenvalue weighted by molar-refractivity contribution is 8.32. The highest BCUT2D eigenvalue weighted by Crippen LogP contribution is 2.52. The summed E-state index contributed by atoms with van der Waals surface area (Å²) in [4.78, 5) is 9.30. The summed E-state index contributed by atoms with van der Waals surface area (Å²) in [5.74, 6) is 0.932. The third-order valence-corrected chi connectivity index (χ3v) is 12.3. The van der Waals surface area contributed by atoms with E-state index in [4.69, 9.17) is 4.99 Å². The van der Waals surface area contributed by atoms with Crippen LogP contribution in [0.3, 0.4) is 0 Å². The minimum absolute atomic E-state index is 0.0404. The molecule has 0 spiro atoms. The Morgan fingerprint density at radius 3 is 1.88 bits per heavy atom. The second kappa shape index (κ2) is 11.1. The monoisotopic (exact) mass is 678 g/mol. The first kappa shape index (κ1) is 30.1. The van der Waals surface area contributed by atoms with Gasteiger partial charge in [-0.3, -0.25) is 4.57 Å². The van der Waals surface area contributed by atoms with Crippen molar-refractivity contribution in [2.24, 2.45) is 4.99 Å². The van der Waals surface area contributed by atoms with Crippen LogP contribution >= 0.6 is 10.0 Å². The first-order valence-corrected chi connectivity index (χ1v) is 20.4. The van der Waals surface area contributed by atoms with Gasteiger partial charge >= 0.3 is 0 Å². The van der Waals surface area contributed by atoms with Gasteiger partial charge in [-0.1, -0.05) is 103 Å². The Morgan fingerprint density at radius 2 is 1.12 bits per heavy atom. The second-order valence-electron chi connectivity index (χ2n) is 14.5. The van der Waals surface area contributed by atoms with Crippen LogP contribution in [0, 0.1) is 0 Å². The molecule has 5 heteroatoms. The van der Waals surface area contributed by atoms with Gasteiger partial charge in [0.1, 0.15) is 0 Å². The molecule has 9 aromatic rings. The lowest BCUT2D eigenvalue weighted by Crippen LogP contribution is -2.38. The number of aromatic nitrogens is 2. The number of hydrogen-bond acceptors (Lipinski definition) is 2. The van der Waals surface area contributed by atoms with Crippen molar-refractivity contribution < 1.29 is 0 Å².